The van der Waals surface area contributed by atoms with Crippen LogP contribution in [0.4, 0.5) is 4.39 Å². The van der Waals surface area contributed by atoms with Gasteiger partial charge in [-0.2, -0.15) is 11.8 Å². The molecule has 1 fully saturated rings. The maximum atomic E-state index is 13.1. The normalized spacial score (nSPS) is 17.3. The second-order valence-electron chi connectivity index (χ2n) is 5.40. The highest BCUT2D eigenvalue weighted by Gasteiger charge is 2.27. The molecule has 0 unspecified atom stereocenters. The molecule has 1 N–H and O–H groups in total. The molecule has 0 bridgehead atoms. The first kappa shape index (κ1) is 17.1. The van der Waals surface area contributed by atoms with Gasteiger partial charge in [-0.3, -0.25) is 4.79 Å². The average molecular weight is 327 g/mol. The van der Waals surface area contributed by atoms with Gasteiger partial charge in [-0.25, -0.2) is 4.39 Å². The van der Waals surface area contributed by atoms with Gasteiger partial charge < -0.3 is 14.7 Å². The maximum Gasteiger partial charge on any atom is 0.251 e. The first-order chi connectivity index (χ1) is 10.6. The summed E-state index contributed by atoms with van der Waals surface area (Å²) >= 11 is 1.62. The van der Waals surface area contributed by atoms with Gasteiger partial charge in [-0.1, -0.05) is 6.07 Å². The Morgan fingerprint density at radius 2 is 2.23 bits per heavy atom. The molecule has 1 aromatic rings. The zero-order valence-corrected chi connectivity index (χ0v) is 13.5. The predicted molar refractivity (Wildman–Crippen MR) is 85.6 cm³/mol. The van der Waals surface area contributed by atoms with E-state index < -0.39 is 6.10 Å². The number of benzene rings is 1. The van der Waals surface area contributed by atoms with Crippen molar-refractivity contribution >= 4 is 17.7 Å². The van der Waals surface area contributed by atoms with E-state index in [9.17, 15) is 14.3 Å². The molecular formula is C16H22FNO3S. The van der Waals surface area contributed by atoms with Gasteiger partial charge in [0.25, 0.3) is 5.91 Å². The van der Waals surface area contributed by atoms with E-state index in [4.69, 9.17) is 4.74 Å². The Morgan fingerprint density at radius 3 is 2.86 bits per heavy atom. The number of halogens is 1. The summed E-state index contributed by atoms with van der Waals surface area (Å²) in [4.78, 5) is 13.8. The number of hydrogen-bond acceptors (Lipinski definition) is 4. The molecule has 0 spiro atoms. The SMILES string of the molecule is CSCC[C@H](O)C(=O)N1CCC(Oc2cccc(F)c2)CC1. The van der Waals surface area contributed by atoms with Crippen molar-refractivity contribution in [2.75, 3.05) is 25.1 Å². The van der Waals surface area contributed by atoms with Crippen molar-refractivity contribution in [3.05, 3.63) is 30.1 Å². The van der Waals surface area contributed by atoms with E-state index in [0.717, 1.165) is 5.75 Å². The lowest BCUT2D eigenvalue weighted by molar-refractivity contribution is -0.142. The highest BCUT2D eigenvalue weighted by Crippen LogP contribution is 2.20. The Morgan fingerprint density at radius 1 is 1.50 bits per heavy atom. The number of carbonyl (C=O) groups excluding carboxylic acids is 1. The smallest absolute Gasteiger partial charge is 0.251 e. The Balaban J connectivity index is 1.79. The Hall–Kier alpha value is -1.27. The first-order valence-electron chi connectivity index (χ1n) is 7.48. The van der Waals surface area contributed by atoms with E-state index >= 15 is 0 Å². The molecule has 1 aliphatic heterocycles. The summed E-state index contributed by atoms with van der Waals surface area (Å²) in [6.45, 7) is 1.13. The fourth-order valence-electron chi connectivity index (χ4n) is 2.49. The number of likely N-dealkylation sites (tertiary alicyclic amines) is 1. The molecule has 122 valence electrons. The monoisotopic (exact) mass is 327 g/mol. The van der Waals surface area contributed by atoms with Crippen LogP contribution >= 0.6 is 11.8 Å². The van der Waals surface area contributed by atoms with Gasteiger partial charge in [0.15, 0.2) is 0 Å². The highest BCUT2D eigenvalue weighted by molar-refractivity contribution is 7.98. The van der Waals surface area contributed by atoms with Crippen LogP contribution in [0.15, 0.2) is 24.3 Å². The molecule has 2 rings (SSSR count). The minimum absolute atomic E-state index is 0.0193. The van der Waals surface area contributed by atoms with Gasteiger partial charge in [-0.05, 0) is 30.6 Å². The summed E-state index contributed by atoms with van der Waals surface area (Å²) in [6, 6.07) is 6.09. The van der Waals surface area contributed by atoms with Crippen LogP contribution in [0.2, 0.25) is 0 Å². The van der Waals surface area contributed by atoms with Gasteiger partial charge in [0, 0.05) is 32.0 Å². The van der Waals surface area contributed by atoms with Gasteiger partial charge in [0.05, 0.1) is 0 Å². The Bertz CT molecular complexity index is 492. The van der Waals surface area contributed by atoms with Gasteiger partial charge in [0.1, 0.15) is 23.8 Å². The van der Waals surface area contributed by atoms with E-state index in [1.165, 1.54) is 12.1 Å². The maximum absolute atomic E-state index is 13.1. The van der Waals surface area contributed by atoms with E-state index in [1.807, 2.05) is 6.26 Å². The number of hydrogen-bond donors (Lipinski definition) is 1. The average Bonchev–Trinajstić information content (AvgIpc) is 2.52. The van der Waals surface area contributed by atoms with Gasteiger partial charge >= 0.3 is 0 Å². The molecule has 22 heavy (non-hydrogen) atoms. The second-order valence-corrected chi connectivity index (χ2v) is 6.38. The quantitative estimate of drug-likeness (QED) is 0.871. The lowest BCUT2D eigenvalue weighted by Gasteiger charge is -2.33. The third kappa shape index (κ3) is 4.88. The molecule has 1 amide bonds. The number of carbonyl (C=O) groups is 1. The summed E-state index contributed by atoms with van der Waals surface area (Å²) in [5, 5.41) is 9.86. The van der Waals surface area contributed by atoms with E-state index in [2.05, 4.69) is 0 Å². The standard InChI is InChI=1S/C16H22FNO3S/c1-22-10-7-15(19)16(20)18-8-5-13(6-9-18)21-14-4-2-3-12(17)11-14/h2-4,11,13,15,19H,5-10H2,1H3/t15-/m0/s1. The van der Waals surface area contributed by atoms with Crippen molar-refractivity contribution in [1.82, 2.24) is 4.90 Å². The third-order valence-electron chi connectivity index (χ3n) is 3.73. The molecule has 1 heterocycles. The predicted octanol–water partition coefficient (Wildman–Crippen LogP) is 2.31. The van der Waals surface area contributed by atoms with Crippen LogP contribution in [0.1, 0.15) is 19.3 Å². The molecule has 1 aromatic carbocycles. The number of aliphatic hydroxyl groups excluding tert-OH is 1. The molecular weight excluding hydrogens is 305 g/mol. The van der Waals surface area contributed by atoms with Gasteiger partial charge in [0.2, 0.25) is 0 Å². The largest absolute Gasteiger partial charge is 0.490 e. The zero-order valence-electron chi connectivity index (χ0n) is 12.7. The number of rotatable bonds is 6. The fourth-order valence-corrected chi connectivity index (χ4v) is 2.95. The Labute approximate surface area is 134 Å². The topological polar surface area (TPSA) is 49.8 Å². The fraction of sp³-hybridized carbons (Fsp3) is 0.562. The molecule has 6 heteroatoms. The minimum atomic E-state index is -0.909. The van der Waals surface area contributed by atoms with Crippen molar-refractivity contribution in [1.29, 1.82) is 0 Å². The van der Waals surface area contributed by atoms with Crippen molar-refractivity contribution in [2.45, 2.75) is 31.5 Å². The summed E-state index contributed by atoms with van der Waals surface area (Å²) in [7, 11) is 0. The van der Waals surface area contributed by atoms with Crippen LogP contribution in [-0.2, 0) is 4.79 Å². The summed E-state index contributed by atoms with van der Waals surface area (Å²) in [5.74, 6) is 0.775. The molecule has 1 atom stereocenters. The van der Waals surface area contributed by atoms with E-state index in [-0.39, 0.29) is 17.8 Å². The van der Waals surface area contributed by atoms with Crippen LogP contribution in [0.25, 0.3) is 0 Å². The number of thioether (sulfide) groups is 1. The van der Waals surface area contributed by atoms with Crippen molar-refractivity contribution < 1.29 is 19.0 Å². The molecule has 0 saturated carbocycles. The molecule has 0 aliphatic carbocycles. The zero-order chi connectivity index (χ0) is 15.9. The number of nitrogens with zero attached hydrogens (tertiary/aromatic N) is 1. The molecule has 1 saturated heterocycles. The first-order valence-corrected chi connectivity index (χ1v) is 8.87. The van der Waals surface area contributed by atoms with Crippen LogP contribution in [0.5, 0.6) is 5.75 Å². The number of ether oxygens (including phenoxy) is 1. The molecule has 4 nitrogen and oxygen atoms in total. The number of piperidine rings is 1. The third-order valence-corrected chi connectivity index (χ3v) is 4.38. The summed E-state index contributed by atoms with van der Waals surface area (Å²) in [6.07, 6.45) is 2.89. The molecule has 1 aliphatic rings. The molecule has 0 radical (unpaired) electrons. The summed E-state index contributed by atoms with van der Waals surface area (Å²) < 4.78 is 18.9. The van der Waals surface area contributed by atoms with Crippen LogP contribution in [0, 0.1) is 5.82 Å². The van der Waals surface area contributed by atoms with Crippen LogP contribution in [0.3, 0.4) is 0 Å². The Kier molecular flexibility index (Phi) is 6.51. The lowest BCUT2D eigenvalue weighted by Crippen LogP contribution is -2.46. The lowest BCUT2D eigenvalue weighted by atomic mass is 10.1. The van der Waals surface area contributed by atoms with E-state index in [0.29, 0.717) is 38.1 Å². The van der Waals surface area contributed by atoms with Crippen molar-refractivity contribution in [3.63, 3.8) is 0 Å². The molecule has 0 aromatic heterocycles. The van der Waals surface area contributed by atoms with Gasteiger partial charge in [-0.15, -0.1) is 0 Å². The van der Waals surface area contributed by atoms with Crippen molar-refractivity contribution in [3.8, 4) is 5.75 Å². The summed E-state index contributed by atoms with van der Waals surface area (Å²) in [5.41, 5.74) is 0. The van der Waals surface area contributed by atoms with E-state index in [1.54, 1.807) is 28.8 Å². The van der Waals surface area contributed by atoms with Crippen LogP contribution in [-0.4, -0.2) is 53.2 Å². The van der Waals surface area contributed by atoms with Crippen LogP contribution < -0.4 is 4.74 Å². The highest BCUT2D eigenvalue weighted by atomic mass is 32.2. The number of amides is 1. The number of aliphatic hydroxyl groups is 1. The van der Waals surface area contributed by atoms with Crippen molar-refractivity contribution in [2.24, 2.45) is 0 Å². The second kappa shape index (κ2) is 8.39. The minimum Gasteiger partial charge on any atom is -0.490 e.